The van der Waals surface area contributed by atoms with E-state index in [-0.39, 0.29) is 18.6 Å². The van der Waals surface area contributed by atoms with E-state index in [1.807, 2.05) is 54.4 Å². The monoisotopic (exact) mass is 311 g/mol. The van der Waals surface area contributed by atoms with E-state index in [1.54, 1.807) is 6.20 Å². The Morgan fingerprint density at radius 1 is 1.35 bits per heavy atom. The van der Waals surface area contributed by atoms with Crippen molar-refractivity contribution in [2.45, 2.75) is 18.9 Å². The van der Waals surface area contributed by atoms with Gasteiger partial charge >= 0.3 is 0 Å². The van der Waals surface area contributed by atoms with E-state index in [1.165, 1.54) is 0 Å². The first-order chi connectivity index (χ1) is 11.3. The normalized spacial score (nSPS) is 17.1. The van der Waals surface area contributed by atoms with E-state index in [4.69, 9.17) is 4.74 Å². The summed E-state index contributed by atoms with van der Waals surface area (Å²) in [5.41, 5.74) is 1.12. The van der Waals surface area contributed by atoms with Crippen molar-refractivity contribution in [1.82, 2.24) is 9.88 Å². The van der Waals surface area contributed by atoms with Gasteiger partial charge < -0.3 is 15.0 Å². The molecule has 0 radical (unpaired) electrons. The van der Waals surface area contributed by atoms with Gasteiger partial charge in [0.2, 0.25) is 0 Å². The van der Waals surface area contributed by atoms with Crippen molar-refractivity contribution in [2.24, 2.45) is 0 Å². The maximum atomic E-state index is 12.5. The zero-order valence-corrected chi connectivity index (χ0v) is 13.2. The lowest BCUT2D eigenvalue weighted by atomic mass is 10.1. The number of anilines is 1. The van der Waals surface area contributed by atoms with E-state index < -0.39 is 0 Å². The summed E-state index contributed by atoms with van der Waals surface area (Å²) < 4.78 is 5.59. The van der Waals surface area contributed by atoms with Gasteiger partial charge in [0.25, 0.3) is 5.91 Å². The highest BCUT2D eigenvalue weighted by Crippen LogP contribution is 2.32. The summed E-state index contributed by atoms with van der Waals surface area (Å²) in [5.74, 6) is 1.57. The molecule has 2 heterocycles. The number of carbonyl (C=O) groups excluding carboxylic acids is 1. The van der Waals surface area contributed by atoms with Gasteiger partial charge in [-0.25, -0.2) is 4.98 Å². The summed E-state index contributed by atoms with van der Waals surface area (Å²) in [6.45, 7) is 0.851. The molecule has 5 heteroatoms. The smallest absolute Gasteiger partial charge is 0.261 e. The topological polar surface area (TPSA) is 54.5 Å². The van der Waals surface area contributed by atoms with Crippen LogP contribution >= 0.6 is 0 Å². The van der Waals surface area contributed by atoms with Crippen molar-refractivity contribution in [1.29, 1.82) is 0 Å². The number of nitrogens with one attached hydrogen (secondary N) is 1. The number of amides is 1. The number of likely N-dealkylation sites (tertiary alicyclic amines) is 1. The minimum atomic E-state index is 0.0270. The predicted molar refractivity (Wildman–Crippen MR) is 89.4 cm³/mol. The highest BCUT2D eigenvalue weighted by molar-refractivity contribution is 5.78. The van der Waals surface area contributed by atoms with Crippen molar-refractivity contribution in [3.63, 3.8) is 0 Å². The lowest BCUT2D eigenvalue weighted by Gasteiger charge is -2.25. The summed E-state index contributed by atoms with van der Waals surface area (Å²) in [5, 5.41) is 3.04. The van der Waals surface area contributed by atoms with Crippen LogP contribution in [0.25, 0.3) is 0 Å². The van der Waals surface area contributed by atoms with Crippen LogP contribution in [0.4, 0.5) is 5.82 Å². The molecular formula is C18H21N3O2. The minimum absolute atomic E-state index is 0.0270. The Hall–Kier alpha value is -2.56. The van der Waals surface area contributed by atoms with Crippen molar-refractivity contribution < 1.29 is 9.53 Å². The second-order valence-corrected chi connectivity index (χ2v) is 5.57. The number of carbonyl (C=O) groups is 1. The Bertz CT molecular complexity index is 660. The third-order valence-corrected chi connectivity index (χ3v) is 4.10. The van der Waals surface area contributed by atoms with Gasteiger partial charge in [0, 0.05) is 19.8 Å². The molecule has 0 bridgehead atoms. The van der Waals surface area contributed by atoms with Gasteiger partial charge in [-0.2, -0.15) is 0 Å². The third kappa shape index (κ3) is 3.62. The Labute approximate surface area is 136 Å². The molecule has 1 N–H and O–H groups in total. The average molecular weight is 311 g/mol. The minimum Gasteiger partial charge on any atom is -0.484 e. The molecule has 3 rings (SSSR count). The molecule has 1 aliphatic rings. The zero-order valence-electron chi connectivity index (χ0n) is 13.2. The first kappa shape index (κ1) is 15.3. The summed E-state index contributed by atoms with van der Waals surface area (Å²) >= 11 is 0. The number of rotatable bonds is 5. The first-order valence-electron chi connectivity index (χ1n) is 7.89. The van der Waals surface area contributed by atoms with E-state index in [0.29, 0.717) is 0 Å². The van der Waals surface area contributed by atoms with Crippen molar-refractivity contribution in [3.8, 4) is 5.75 Å². The number of ether oxygens (including phenoxy) is 1. The molecule has 2 aromatic rings. The van der Waals surface area contributed by atoms with Gasteiger partial charge in [0.05, 0.1) is 6.04 Å². The summed E-state index contributed by atoms with van der Waals surface area (Å²) in [6, 6.07) is 13.5. The van der Waals surface area contributed by atoms with Crippen LogP contribution in [0.3, 0.4) is 0 Å². The molecular weight excluding hydrogens is 290 g/mol. The predicted octanol–water partition coefficient (Wildman–Crippen LogP) is 2.87. The molecule has 1 atom stereocenters. The quantitative estimate of drug-likeness (QED) is 0.922. The maximum absolute atomic E-state index is 12.5. The van der Waals surface area contributed by atoms with E-state index in [2.05, 4.69) is 10.3 Å². The maximum Gasteiger partial charge on any atom is 0.261 e. The van der Waals surface area contributed by atoms with Crippen LogP contribution in [0.2, 0.25) is 0 Å². The molecule has 23 heavy (non-hydrogen) atoms. The van der Waals surface area contributed by atoms with Gasteiger partial charge in [-0.15, -0.1) is 0 Å². The van der Waals surface area contributed by atoms with Crippen LogP contribution in [-0.2, 0) is 4.79 Å². The highest BCUT2D eigenvalue weighted by atomic mass is 16.5. The molecule has 1 fully saturated rings. The SMILES string of the molecule is CNc1cc(C2CCCN2C(=O)COc2ccccc2)ccn1. The summed E-state index contributed by atoms with van der Waals surface area (Å²) in [7, 11) is 1.84. The van der Waals surface area contributed by atoms with E-state index in [9.17, 15) is 4.79 Å². The zero-order chi connectivity index (χ0) is 16.1. The fourth-order valence-corrected chi connectivity index (χ4v) is 2.95. The number of hydrogen-bond donors (Lipinski definition) is 1. The molecule has 1 aliphatic heterocycles. The second-order valence-electron chi connectivity index (χ2n) is 5.57. The largest absolute Gasteiger partial charge is 0.484 e. The molecule has 120 valence electrons. The number of benzene rings is 1. The van der Waals surface area contributed by atoms with Gasteiger partial charge in [0.15, 0.2) is 6.61 Å². The number of nitrogens with zero attached hydrogens (tertiary/aromatic N) is 2. The number of hydrogen-bond acceptors (Lipinski definition) is 4. The fourth-order valence-electron chi connectivity index (χ4n) is 2.95. The second kappa shape index (κ2) is 7.13. The van der Waals surface area contributed by atoms with Gasteiger partial charge in [-0.3, -0.25) is 4.79 Å². The summed E-state index contributed by atoms with van der Waals surface area (Å²) in [4.78, 5) is 18.7. The van der Waals surface area contributed by atoms with Crippen LogP contribution in [0.1, 0.15) is 24.4 Å². The van der Waals surface area contributed by atoms with Crippen LogP contribution in [0.15, 0.2) is 48.7 Å². The fraction of sp³-hybridized carbons (Fsp3) is 0.333. The molecule has 0 aliphatic carbocycles. The molecule has 1 aromatic heterocycles. The molecule has 1 amide bonds. The lowest BCUT2D eigenvalue weighted by Crippen LogP contribution is -2.34. The number of para-hydroxylation sites is 1. The van der Waals surface area contributed by atoms with Crippen molar-refractivity contribution in [3.05, 3.63) is 54.2 Å². The molecule has 1 aromatic carbocycles. The first-order valence-corrected chi connectivity index (χ1v) is 7.89. The van der Waals surface area contributed by atoms with Gasteiger partial charge in [-0.1, -0.05) is 18.2 Å². The van der Waals surface area contributed by atoms with Crippen molar-refractivity contribution >= 4 is 11.7 Å². The van der Waals surface area contributed by atoms with Crippen LogP contribution < -0.4 is 10.1 Å². The van der Waals surface area contributed by atoms with Crippen LogP contribution in [0, 0.1) is 0 Å². The van der Waals surface area contributed by atoms with Gasteiger partial charge in [-0.05, 0) is 42.7 Å². The Morgan fingerprint density at radius 3 is 2.96 bits per heavy atom. The standard InChI is InChI=1S/C18H21N3O2/c1-19-17-12-14(9-10-20-17)16-8-5-11-21(16)18(22)13-23-15-6-3-2-4-7-15/h2-4,6-7,9-10,12,16H,5,8,11,13H2,1H3,(H,19,20). The molecule has 1 unspecified atom stereocenters. The lowest BCUT2D eigenvalue weighted by molar-refractivity contribution is -0.134. The Kier molecular flexibility index (Phi) is 4.76. The highest BCUT2D eigenvalue weighted by Gasteiger charge is 2.30. The van der Waals surface area contributed by atoms with Gasteiger partial charge in [0.1, 0.15) is 11.6 Å². The molecule has 1 saturated heterocycles. The third-order valence-electron chi connectivity index (χ3n) is 4.10. The van der Waals surface area contributed by atoms with Crippen LogP contribution in [-0.4, -0.2) is 36.0 Å². The molecule has 0 saturated carbocycles. The Balaban J connectivity index is 1.67. The number of aromatic nitrogens is 1. The summed E-state index contributed by atoms with van der Waals surface area (Å²) in [6.07, 6.45) is 3.77. The van der Waals surface area contributed by atoms with Crippen LogP contribution in [0.5, 0.6) is 5.75 Å². The average Bonchev–Trinajstić information content (AvgIpc) is 3.10. The molecule has 0 spiro atoms. The molecule has 5 nitrogen and oxygen atoms in total. The van der Waals surface area contributed by atoms with E-state index >= 15 is 0 Å². The number of pyridine rings is 1. The van der Waals surface area contributed by atoms with E-state index in [0.717, 1.165) is 36.5 Å². The van der Waals surface area contributed by atoms with Crippen molar-refractivity contribution in [2.75, 3.05) is 25.5 Å². The Morgan fingerprint density at radius 2 is 2.17 bits per heavy atom.